The highest BCUT2D eigenvalue weighted by Gasteiger charge is 2.49. The molecule has 2 aromatic carbocycles. The molecule has 7 nitrogen and oxygen atoms in total. The van der Waals surface area contributed by atoms with Crippen molar-refractivity contribution in [1.82, 2.24) is 5.32 Å². The number of ether oxygens (including phenoxy) is 3. The van der Waals surface area contributed by atoms with E-state index in [4.69, 9.17) is 37.4 Å². The molecule has 0 bridgehead atoms. The van der Waals surface area contributed by atoms with E-state index in [1.54, 1.807) is 52.1 Å². The van der Waals surface area contributed by atoms with Gasteiger partial charge in [0.05, 0.1) is 25.9 Å². The quantitative estimate of drug-likeness (QED) is 0.344. The van der Waals surface area contributed by atoms with Crippen molar-refractivity contribution in [2.45, 2.75) is 39.0 Å². The summed E-state index contributed by atoms with van der Waals surface area (Å²) in [5, 5.41) is 3.98. The zero-order valence-electron chi connectivity index (χ0n) is 21.6. The average molecular weight is 558 g/mol. The van der Waals surface area contributed by atoms with Crippen molar-refractivity contribution < 1.29 is 28.6 Å². The van der Waals surface area contributed by atoms with Gasteiger partial charge in [0.1, 0.15) is 11.7 Å². The first-order chi connectivity index (χ1) is 18.2. The number of carbonyl (C=O) groups is 3. The Labute approximate surface area is 231 Å². The zero-order chi connectivity index (χ0) is 27.6. The third kappa shape index (κ3) is 5.18. The molecule has 2 aromatic rings. The molecule has 1 aliphatic heterocycles. The zero-order valence-corrected chi connectivity index (χ0v) is 23.1. The van der Waals surface area contributed by atoms with Crippen LogP contribution in [0.3, 0.4) is 0 Å². The Kier molecular flexibility index (Phi) is 8.48. The molecule has 38 heavy (non-hydrogen) atoms. The molecular formula is C29H29Cl2NO6. The number of halogens is 2. The van der Waals surface area contributed by atoms with E-state index in [1.807, 2.05) is 18.2 Å². The van der Waals surface area contributed by atoms with Gasteiger partial charge in [0, 0.05) is 38.8 Å². The topological polar surface area (TPSA) is 90.9 Å². The van der Waals surface area contributed by atoms with Crippen LogP contribution in [0.5, 0.6) is 5.75 Å². The van der Waals surface area contributed by atoms with Gasteiger partial charge >= 0.3 is 11.9 Å². The number of ketones is 1. The van der Waals surface area contributed by atoms with Crippen molar-refractivity contribution in [2.24, 2.45) is 5.92 Å². The van der Waals surface area contributed by atoms with Crippen LogP contribution in [0.1, 0.15) is 50.2 Å². The number of benzene rings is 2. The highest BCUT2D eigenvalue weighted by Crippen LogP contribution is 2.49. The van der Waals surface area contributed by atoms with E-state index in [0.29, 0.717) is 44.7 Å². The van der Waals surface area contributed by atoms with Crippen LogP contribution in [0.4, 0.5) is 0 Å². The number of rotatable bonds is 7. The first-order valence-electron chi connectivity index (χ1n) is 12.4. The minimum Gasteiger partial charge on any atom is -0.497 e. The highest BCUT2D eigenvalue weighted by molar-refractivity contribution is 6.35. The van der Waals surface area contributed by atoms with Crippen LogP contribution in [-0.2, 0) is 23.9 Å². The number of esters is 2. The van der Waals surface area contributed by atoms with E-state index in [-0.39, 0.29) is 18.8 Å². The second-order valence-electron chi connectivity index (χ2n) is 9.06. The van der Waals surface area contributed by atoms with Gasteiger partial charge in [0.2, 0.25) is 0 Å². The molecule has 2 aliphatic rings. The van der Waals surface area contributed by atoms with Gasteiger partial charge in [-0.1, -0.05) is 41.4 Å². The van der Waals surface area contributed by atoms with Crippen LogP contribution in [-0.4, -0.2) is 38.0 Å². The van der Waals surface area contributed by atoms with Crippen molar-refractivity contribution in [3.63, 3.8) is 0 Å². The monoisotopic (exact) mass is 557 g/mol. The van der Waals surface area contributed by atoms with Crippen molar-refractivity contribution in [3.05, 3.63) is 86.2 Å². The number of hydrogen-bond donors (Lipinski definition) is 1. The predicted molar refractivity (Wildman–Crippen MR) is 144 cm³/mol. The lowest BCUT2D eigenvalue weighted by atomic mass is 9.67. The molecule has 1 heterocycles. The van der Waals surface area contributed by atoms with Gasteiger partial charge in [-0.2, -0.15) is 0 Å². The maximum Gasteiger partial charge on any atom is 0.336 e. The molecule has 0 saturated carbocycles. The Bertz CT molecular complexity index is 1350. The third-order valence-corrected chi connectivity index (χ3v) is 7.41. The summed E-state index contributed by atoms with van der Waals surface area (Å²) in [5.74, 6) is -3.52. The van der Waals surface area contributed by atoms with Crippen molar-refractivity contribution in [2.75, 3.05) is 20.3 Å². The molecule has 3 atom stereocenters. The Morgan fingerprint density at radius 3 is 2.45 bits per heavy atom. The fraction of sp³-hybridized carbons (Fsp3) is 0.345. The molecule has 0 spiro atoms. The molecule has 0 saturated heterocycles. The van der Waals surface area contributed by atoms with E-state index in [2.05, 4.69) is 5.32 Å². The summed E-state index contributed by atoms with van der Waals surface area (Å²) < 4.78 is 16.1. The molecule has 0 radical (unpaired) electrons. The molecule has 0 fully saturated rings. The number of carbonyl (C=O) groups excluding carboxylic acids is 3. The van der Waals surface area contributed by atoms with Crippen LogP contribution in [0.25, 0.3) is 0 Å². The Balaban J connectivity index is 1.93. The molecule has 3 unspecified atom stereocenters. The maximum atomic E-state index is 14.3. The number of methoxy groups -OCH3 is 1. The van der Waals surface area contributed by atoms with Gasteiger partial charge in [0.25, 0.3) is 0 Å². The minimum atomic E-state index is -1.13. The Morgan fingerprint density at radius 2 is 1.79 bits per heavy atom. The standard InChI is InChI=1S/C29H29Cl2NO6/c1-5-37-28(34)23-15(3)32-22-14-20(16-8-7-9-18(12-16)36-4)25(29(35)38-6-2)27(33)26(22)24(23)19-11-10-17(30)13-21(19)31/h7-13,20,24-25,32H,5-6,14H2,1-4H3. The summed E-state index contributed by atoms with van der Waals surface area (Å²) in [6.07, 6.45) is 0.326. The second kappa shape index (κ2) is 11.6. The van der Waals surface area contributed by atoms with Gasteiger partial charge in [-0.3, -0.25) is 9.59 Å². The van der Waals surface area contributed by atoms with Crippen LogP contribution in [0.2, 0.25) is 10.0 Å². The SMILES string of the molecule is CCOC(=O)C1=C(C)NC2=C(C(=O)C(C(=O)OCC)C(c3cccc(OC)c3)C2)C1c1ccc(Cl)cc1Cl. The summed E-state index contributed by atoms with van der Waals surface area (Å²) >= 11 is 12.8. The van der Waals surface area contributed by atoms with Crippen molar-refractivity contribution >= 4 is 40.9 Å². The number of Topliss-reactive ketones (excluding diaryl/α,β-unsaturated/α-hetero) is 1. The summed E-state index contributed by atoms with van der Waals surface area (Å²) in [6.45, 7) is 5.44. The molecule has 1 N–H and O–H groups in total. The van der Waals surface area contributed by atoms with Crippen LogP contribution in [0, 0.1) is 5.92 Å². The first-order valence-corrected chi connectivity index (χ1v) is 13.1. The fourth-order valence-corrected chi connectivity index (χ4v) is 5.77. The van der Waals surface area contributed by atoms with Gasteiger partial charge in [-0.25, -0.2) is 4.79 Å². The summed E-state index contributed by atoms with van der Waals surface area (Å²) in [7, 11) is 1.56. The molecule has 0 aromatic heterocycles. The molecule has 9 heteroatoms. The van der Waals surface area contributed by atoms with Crippen LogP contribution >= 0.6 is 23.2 Å². The van der Waals surface area contributed by atoms with Gasteiger partial charge < -0.3 is 19.5 Å². The lowest BCUT2D eigenvalue weighted by molar-refractivity contribution is -0.152. The molecule has 1 aliphatic carbocycles. The van der Waals surface area contributed by atoms with E-state index < -0.39 is 35.5 Å². The van der Waals surface area contributed by atoms with Gasteiger partial charge in [0.15, 0.2) is 5.78 Å². The first kappa shape index (κ1) is 27.7. The third-order valence-electron chi connectivity index (χ3n) is 6.85. The lowest BCUT2D eigenvalue weighted by Crippen LogP contribution is -2.43. The normalized spacial score (nSPS) is 21.0. The lowest BCUT2D eigenvalue weighted by Gasteiger charge is -2.39. The molecule has 0 amide bonds. The number of hydrogen-bond acceptors (Lipinski definition) is 7. The predicted octanol–water partition coefficient (Wildman–Crippen LogP) is 5.72. The van der Waals surface area contributed by atoms with E-state index in [0.717, 1.165) is 5.56 Å². The fourth-order valence-electron chi connectivity index (χ4n) is 5.25. The summed E-state index contributed by atoms with van der Waals surface area (Å²) in [5.41, 5.74) is 2.99. The van der Waals surface area contributed by atoms with E-state index >= 15 is 0 Å². The average Bonchev–Trinajstić information content (AvgIpc) is 2.88. The van der Waals surface area contributed by atoms with E-state index in [1.165, 1.54) is 0 Å². The van der Waals surface area contributed by atoms with Crippen LogP contribution < -0.4 is 10.1 Å². The van der Waals surface area contributed by atoms with Gasteiger partial charge in [-0.15, -0.1) is 0 Å². The molecular weight excluding hydrogens is 529 g/mol. The summed E-state index contributed by atoms with van der Waals surface area (Å²) in [4.78, 5) is 40.8. The van der Waals surface area contributed by atoms with Gasteiger partial charge in [-0.05, 0) is 62.6 Å². The number of allylic oxidation sites excluding steroid dienone is 3. The molecule has 4 rings (SSSR count). The number of nitrogens with one attached hydrogen (secondary N) is 1. The highest BCUT2D eigenvalue weighted by atomic mass is 35.5. The minimum absolute atomic E-state index is 0.122. The smallest absolute Gasteiger partial charge is 0.336 e. The van der Waals surface area contributed by atoms with E-state index in [9.17, 15) is 14.4 Å². The Morgan fingerprint density at radius 1 is 1.05 bits per heavy atom. The van der Waals surface area contributed by atoms with Crippen LogP contribution in [0.15, 0.2) is 65.0 Å². The second-order valence-corrected chi connectivity index (χ2v) is 9.90. The largest absolute Gasteiger partial charge is 0.497 e. The van der Waals surface area contributed by atoms with Crippen molar-refractivity contribution in [1.29, 1.82) is 0 Å². The summed E-state index contributed by atoms with van der Waals surface area (Å²) in [6, 6.07) is 12.2. The molecule has 200 valence electrons. The maximum absolute atomic E-state index is 14.3. The Hall–Kier alpha value is -3.29. The number of dihydropyridines is 1. The van der Waals surface area contributed by atoms with Crippen molar-refractivity contribution in [3.8, 4) is 5.75 Å².